The number of rotatable bonds is 12. The summed E-state index contributed by atoms with van der Waals surface area (Å²) in [4.78, 5) is 52.4. The molecule has 2 aliphatic heterocycles. The number of anilines is 1. The minimum Gasteiger partial charge on any atom is -0.466 e. The van der Waals surface area contributed by atoms with Crippen LogP contribution in [-0.4, -0.2) is 86.2 Å². The molecule has 1 unspecified atom stereocenters. The highest BCUT2D eigenvalue weighted by atomic mass is 19.2. The Balaban J connectivity index is 1.47. The van der Waals surface area contributed by atoms with E-state index in [9.17, 15) is 28.0 Å². The predicted molar refractivity (Wildman–Crippen MR) is 157 cm³/mol. The van der Waals surface area contributed by atoms with E-state index in [-0.39, 0.29) is 35.9 Å². The number of amides is 4. The van der Waals surface area contributed by atoms with Crippen LogP contribution < -0.4 is 10.6 Å². The van der Waals surface area contributed by atoms with Gasteiger partial charge in [0.1, 0.15) is 6.04 Å². The van der Waals surface area contributed by atoms with E-state index in [0.29, 0.717) is 25.3 Å². The molecule has 0 aliphatic carbocycles. The van der Waals surface area contributed by atoms with Crippen LogP contribution >= 0.6 is 0 Å². The molecule has 1 fully saturated rings. The first-order chi connectivity index (χ1) is 21.2. The maximum atomic E-state index is 14.4. The summed E-state index contributed by atoms with van der Waals surface area (Å²) in [7, 11) is 2.53. The summed E-state index contributed by atoms with van der Waals surface area (Å²) < 4.78 is 38.3. The van der Waals surface area contributed by atoms with Crippen LogP contribution in [0.15, 0.2) is 53.7 Å². The standard InChI is InChI=1S/C31H37F2N5O6/c1-20(40)34-24-7-4-6-22(16-24)21-10-14-36(15-11-21)12-5-13-37(19-39)38-29(23-8-9-25(32)26(33)17-23)28(30(41)44-3)27(18-43-2)35-31(38)42/h4,6-9,16-17,19,21,29H,5,10-15,18H2,1-3H3,(H,34,40)(H,35,42). The van der Waals surface area contributed by atoms with E-state index in [2.05, 4.69) is 21.6 Å². The number of benzene rings is 2. The Hall–Kier alpha value is -4.36. The van der Waals surface area contributed by atoms with Crippen molar-refractivity contribution in [2.45, 2.75) is 38.1 Å². The lowest BCUT2D eigenvalue weighted by Crippen LogP contribution is -2.57. The monoisotopic (exact) mass is 613 g/mol. The lowest BCUT2D eigenvalue weighted by Gasteiger charge is -2.42. The van der Waals surface area contributed by atoms with Crippen LogP contribution in [0.1, 0.15) is 49.3 Å². The van der Waals surface area contributed by atoms with Gasteiger partial charge in [-0.3, -0.25) is 14.6 Å². The first kappa shape index (κ1) is 32.6. The van der Waals surface area contributed by atoms with E-state index >= 15 is 0 Å². The lowest BCUT2D eigenvalue weighted by atomic mass is 9.89. The SMILES string of the molecule is COCC1=C(C(=O)OC)C(c2ccc(F)c(F)c2)N(N(C=O)CCCN2CCC(c3cccc(NC(C)=O)c3)CC2)C(=O)N1. The number of likely N-dealkylation sites (tertiary alicyclic amines) is 1. The molecule has 0 bridgehead atoms. The summed E-state index contributed by atoms with van der Waals surface area (Å²) in [5, 5.41) is 7.57. The highest BCUT2D eigenvalue weighted by molar-refractivity contribution is 5.95. The summed E-state index contributed by atoms with van der Waals surface area (Å²) in [6.07, 6.45) is 2.81. The van der Waals surface area contributed by atoms with E-state index in [1.54, 1.807) is 0 Å². The molecule has 44 heavy (non-hydrogen) atoms. The molecule has 2 aromatic rings. The van der Waals surface area contributed by atoms with Crippen molar-refractivity contribution < 1.29 is 37.4 Å². The molecule has 2 heterocycles. The van der Waals surface area contributed by atoms with Crippen molar-refractivity contribution >= 4 is 30.0 Å². The Morgan fingerprint density at radius 1 is 1.09 bits per heavy atom. The maximum Gasteiger partial charge on any atom is 0.341 e. The van der Waals surface area contributed by atoms with Crippen molar-refractivity contribution in [3.05, 3.63) is 76.5 Å². The number of halogens is 2. The molecule has 4 rings (SSSR count). The summed E-state index contributed by atoms with van der Waals surface area (Å²) >= 11 is 0. The van der Waals surface area contributed by atoms with Crippen molar-refractivity contribution in [2.75, 3.05) is 52.3 Å². The number of hydrogen-bond donors (Lipinski definition) is 2. The summed E-state index contributed by atoms with van der Waals surface area (Å²) in [5.74, 6) is -2.86. The van der Waals surface area contributed by atoms with Crippen molar-refractivity contribution in [1.82, 2.24) is 20.2 Å². The molecule has 0 radical (unpaired) electrons. The molecule has 236 valence electrons. The van der Waals surface area contributed by atoms with Crippen LogP contribution in [0.5, 0.6) is 0 Å². The number of hydrogen-bond acceptors (Lipinski definition) is 7. The van der Waals surface area contributed by atoms with Gasteiger partial charge in [-0.05, 0) is 80.2 Å². The van der Waals surface area contributed by atoms with Gasteiger partial charge < -0.3 is 25.0 Å². The largest absolute Gasteiger partial charge is 0.466 e. The molecule has 4 amide bonds. The first-order valence-electron chi connectivity index (χ1n) is 14.3. The molecular formula is C31H37F2N5O6. The summed E-state index contributed by atoms with van der Waals surface area (Å²) in [5.41, 5.74) is 2.03. The Kier molecular flexibility index (Phi) is 11.0. The van der Waals surface area contributed by atoms with E-state index in [4.69, 9.17) is 9.47 Å². The third kappa shape index (κ3) is 7.58. The van der Waals surface area contributed by atoms with Gasteiger partial charge >= 0.3 is 12.0 Å². The van der Waals surface area contributed by atoms with Crippen LogP contribution in [-0.2, 0) is 23.9 Å². The van der Waals surface area contributed by atoms with Crippen molar-refractivity contribution in [2.24, 2.45) is 0 Å². The lowest BCUT2D eigenvalue weighted by molar-refractivity contribution is -0.141. The van der Waals surface area contributed by atoms with E-state index < -0.39 is 29.7 Å². The fourth-order valence-electron chi connectivity index (χ4n) is 5.75. The summed E-state index contributed by atoms with van der Waals surface area (Å²) in [6, 6.07) is 8.87. The number of nitrogens with one attached hydrogen (secondary N) is 2. The molecule has 0 saturated carbocycles. The number of ether oxygens (including phenoxy) is 2. The zero-order valence-electron chi connectivity index (χ0n) is 25.0. The number of esters is 1. The second-order valence-corrected chi connectivity index (χ2v) is 10.7. The van der Waals surface area contributed by atoms with Crippen LogP contribution in [0.4, 0.5) is 19.3 Å². The van der Waals surface area contributed by atoms with Gasteiger partial charge in [-0.15, -0.1) is 0 Å². The molecule has 0 aromatic heterocycles. The van der Waals surface area contributed by atoms with E-state index in [1.165, 1.54) is 25.7 Å². The predicted octanol–water partition coefficient (Wildman–Crippen LogP) is 3.71. The van der Waals surface area contributed by atoms with Gasteiger partial charge in [-0.2, -0.15) is 0 Å². The number of carbonyl (C=O) groups is 4. The summed E-state index contributed by atoms with van der Waals surface area (Å²) in [6.45, 7) is 3.72. The minimum absolute atomic E-state index is 0.0727. The van der Waals surface area contributed by atoms with Crippen LogP contribution in [0.2, 0.25) is 0 Å². The topological polar surface area (TPSA) is 121 Å². The van der Waals surface area contributed by atoms with Crippen LogP contribution in [0.3, 0.4) is 0 Å². The van der Waals surface area contributed by atoms with Gasteiger partial charge in [-0.25, -0.2) is 23.4 Å². The molecule has 1 saturated heterocycles. The van der Waals surface area contributed by atoms with Gasteiger partial charge in [0.15, 0.2) is 11.6 Å². The Labute approximate surface area is 254 Å². The molecule has 2 N–H and O–H groups in total. The smallest absolute Gasteiger partial charge is 0.341 e. The molecule has 0 spiro atoms. The normalized spacial score (nSPS) is 17.7. The van der Waals surface area contributed by atoms with Crippen LogP contribution in [0.25, 0.3) is 0 Å². The fourth-order valence-corrected chi connectivity index (χ4v) is 5.75. The number of carbonyl (C=O) groups excluding carboxylic acids is 4. The van der Waals surface area contributed by atoms with Gasteiger partial charge in [0, 0.05) is 26.3 Å². The highest BCUT2D eigenvalue weighted by Gasteiger charge is 2.42. The quantitative estimate of drug-likeness (QED) is 0.277. The Morgan fingerprint density at radius 2 is 1.84 bits per heavy atom. The number of urea groups is 1. The molecular weight excluding hydrogens is 576 g/mol. The molecule has 13 heteroatoms. The zero-order chi connectivity index (χ0) is 31.8. The number of piperidine rings is 1. The third-order valence-corrected chi connectivity index (χ3v) is 7.79. The van der Waals surface area contributed by atoms with Gasteiger partial charge in [0.25, 0.3) is 0 Å². The maximum absolute atomic E-state index is 14.4. The van der Waals surface area contributed by atoms with Crippen molar-refractivity contribution in [3.63, 3.8) is 0 Å². The zero-order valence-corrected chi connectivity index (χ0v) is 25.0. The second-order valence-electron chi connectivity index (χ2n) is 10.7. The molecule has 2 aromatic carbocycles. The van der Waals surface area contributed by atoms with Crippen LogP contribution in [0, 0.1) is 11.6 Å². The average Bonchev–Trinajstić information content (AvgIpc) is 3.01. The number of nitrogens with zero attached hydrogens (tertiary/aromatic N) is 3. The molecule has 1 atom stereocenters. The average molecular weight is 614 g/mol. The number of methoxy groups -OCH3 is 2. The number of hydrazine groups is 1. The Bertz CT molecular complexity index is 1410. The van der Waals surface area contributed by atoms with Gasteiger partial charge in [0.2, 0.25) is 12.3 Å². The van der Waals surface area contributed by atoms with Gasteiger partial charge in [0.05, 0.1) is 25.0 Å². The first-order valence-corrected chi connectivity index (χ1v) is 14.3. The third-order valence-electron chi connectivity index (χ3n) is 7.79. The molecule has 11 nitrogen and oxygen atoms in total. The van der Waals surface area contributed by atoms with Crippen molar-refractivity contribution in [1.29, 1.82) is 0 Å². The molecule has 2 aliphatic rings. The highest BCUT2D eigenvalue weighted by Crippen LogP contribution is 2.36. The fraction of sp³-hybridized carbons (Fsp3) is 0.419. The van der Waals surface area contributed by atoms with Gasteiger partial charge in [-0.1, -0.05) is 18.2 Å². The minimum atomic E-state index is -1.29. The Morgan fingerprint density at radius 3 is 2.48 bits per heavy atom. The second kappa shape index (κ2) is 14.9. The van der Waals surface area contributed by atoms with E-state index in [0.717, 1.165) is 60.9 Å². The van der Waals surface area contributed by atoms with E-state index in [1.807, 2.05) is 18.2 Å². The van der Waals surface area contributed by atoms with Crippen molar-refractivity contribution in [3.8, 4) is 0 Å².